The lowest BCUT2D eigenvalue weighted by Crippen LogP contribution is -2.25. The van der Waals surface area contributed by atoms with Gasteiger partial charge in [-0.25, -0.2) is 0 Å². The number of hydrogen-bond donors (Lipinski definition) is 1. The molecule has 0 aliphatic carbocycles. The van der Waals surface area contributed by atoms with Gasteiger partial charge >= 0.3 is 0 Å². The van der Waals surface area contributed by atoms with Crippen LogP contribution < -0.4 is 5.73 Å². The molecule has 1 heterocycles. The van der Waals surface area contributed by atoms with E-state index in [2.05, 4.69) is 18.7 Å². The van der Waals surface area contributed by atoms with Crippen molar-refractivity contribution in [3.63, 3.8) is 0 Å². The third-order valence-corrected chi connectivity index (χ3v) is 6.41. The summed E-state index contributed by atoms with van der Waals surface area (Å²) in [5, 5.41) is 0. The zero-order valence-corrected chi connectivity index (χ0v) is 17.3. The first-order valence-corrected chi connectivity index (χ1v) is 11.6. The first-order valence-electron chi connectivity index (χ1n) is 10.7. The predicted molar refractivity (Wildman–Crippen MR) is 111 cm³/mol. The molecule has 2 nitrogen and oxygen atoms in total. The lowest BCUT2D eigenvalue weighted by molar-refractivity contribution is 0.384. The summed E-state index contributed by atoms with van der Waals surface area (Å²) in [6.45, 7) is 5.64. The highest BCUT2D eigenvalue weighted by atomic mass is 32.2. The van der Waals surface area contributed by atoms with Gasteiger partial charge in [0.15, 0.2) is 0 Å². The Morgan fingerprint density at radius 3 is 1.62 bits per heavy atom. The fourth-order valence-corrected chi connectivity index (χ4v) is 4.50. The molecule has 1 aliphatic rings. The molecule has 1 aliphatic heterocycles. The van der Waals surface area contributed by atoms with Gasteiger partial charge in [0.25, 0.3) is 0 Å². The molecule has 0 aromatic rings. The van der Waals surface area contributed by atoms with Gasteiger partial charge in [0.1, 0.15) is 5.82 Å². The summed E-state index contributed by atoms with van der Waals surface area (Å²) in [4.78, 5) is 3.75. The minimum atomic E-state index is 1.05. The maximum atomic E-state index is 6.17. The topological polar surface area (TPSA) is 29.3 Å². The first kappa shape index (κ1) is 21.7. The Bertz CT molecular complexity index is 328. The molecule has 1 rings (SSSR count). The second kappa shape index (κ2) is 15.0. The van der Waals surface area contributed by atoms with Crippen molar-refractivity contribution in [1.29, 1.82) is 0 Å². The van der Waals surface area contributed by atoms with E-state index < -0.39 is 0 Å². The fourth-order valence-electron chi connectivity index (χ4n) is 3.44. The van der Waals surface area contributed by atoms with Gasteiger partial charge in [0, 0.05) is 11.4 Å². The van der Waals surface area contributed by atoms with E-state index in [1.807, 2.05) is 11.8 Å². The van der Waals surface area contributed by atoms with Crippen molar-refractivity contribution in [3.8, 4) is 0 Å². The van der Waals surface area contributed by atoms with Crippen molar-refractivity contribution >= 4 is 11.8 Å². The molecule has 0 unspecified atom stereocenters. The Morgan fingerprint density at radius 1 is 0.750 bits per heavy atom. The number of nitrogens with zero attached hydrogens (tertiary/aromatic N) is 1. The highest BCUT2D eigenvalue weighted by Gasteiger charge is 2.18. The largest absolute Gasteiger partial charge is 0.385 e. The Hall–Kier alpha value is -0.310. The summed E-state index contributed by atoms with van der Waals surface area (Å²) in [6, 6.07) is 0. The minimum Gasteiger partial charge on any atom is -0.385 e. The average Bonchev–Trinajstić information content (AvgIpc) is 2.95. The second-order valence-electron chi connectivity index (χ2n) is 7.30. The molecule has 0 saturated carbocycles. The first-order chi connectivity index (χ1) is 11.8. The summed E-state index contributed by atoms with van der Waals surface area (Å²) >= 11 is 1.93. The van der Waals surface area contributed by atoms with E-state index in [0.717, 1.165) is 24.7 Å². The van der Waals surface area contributed by atoms with Crippen molar-refractivity contribution in [3.05, 3.63) is 10.7 Å². The highest BCUT2D eigenvalue weighted by Crippen LogP contribution is 2.31. The average molecular weight is 355 g/mol. The Kier molecular flexibility index (Phi) is 13.6. The van der Waals surface area contributed by atoms with Crippen LogP contribution in [0.4, 0.5) is 0 Å². The number of thioether (sulfide) groups is 1. The molecule has 24 heavy (non-hydrogen) atoms. The molecule has 142 valence electrons. The molecule has 0 aromatic heterocycles. The van der Waals surface area contributed by atoms with Gasteiger partial charge < -0.3 is 10.6 Å². The van der Waals surface area contributed by atoms with Crippen LogP contribution in [0.2, 0.25) is 0 Å². The molecule has 3 heteroatoms. The molecule has 2 N–H and O–H groups in total. The lowest BCUT2D eigenvalue weighted by Gasteiger charge is -2.18. The summed E-state index contributed by atoms with van der Waals surface area (Å²) < 4.78 is 0. The predicted octanol–water partition coefficient (Wildman–Crippen LogP) is 7.01. The van der Waals surface area contributed by atoms with Gasteiger partial charge in [-0.1, -0.05) is 97.3 Å². The maximum Gasteiger partial charge on any atom is 0.109 e. The van der Waals surface area contributed by atoms with Gasteiger partial charge in [0.05, 0.1) is 5.88 Å². The second-order valence-corrected chi connectivity index (χ2v) is 8.33. The van der Waals surface area contributed by atoms with Crippen LogP contribution in [0.5, 0.6) is 0 Å². The van der Waals surface area contributed by atoms with E-state index in [1.165, 1.54) is 94.8 Å². The van der Waals surface area contributed by atoms with Gasteiger partial charge in [-0.3, -0.25) is 0 Å². The van der Waals surface area contributed by atoms with E-state index in [9.17, 15) is 0 Å². The third-order valence-electron chi connectivity index (χ3n) is 5.12. The van der Waals surface area contributed by atoms with E-state index in [4.69, 9.17) is 5.73 Å². The monoisotopic (exact) mass is 354 g/mol. The van der Waals surface area contributed by atoms with Crippen molar-refractivity contribution in [2.75, 3.05) is 12.4 Å². The summed E-state index contributed by atoms with van der Waals surface area (Å²) in [5.41, 5.74) is 6.17. The minimum absolute atomic E-state index is 1.05. The molecule has 0 saturated heterocycles. The van der Waals surface area contributed by atoms with Gasteiger partial charge in [-0.15, -0.1) is 11.8 Å². The molecule has 0 bridgehead atoms. The quantitative estimate of drug-likeness (QED) is 0.302. The van der Waals surface area contributed by atoms with Crippen LogP contribution in [0.25, 0.3) is 0 Å². The van der Waals surface area contributed by atoms with Crippen LogP contribution in [0, 0.1) is 0 Å². The molecular weight excluding hydrogens is 312 g/mol. The zero-order valence-electron chi connectivity index (χ0n) is 16.5. The number of nitrogens with two attached hydrogens (primary N) is 1. The SMILES string of the molecule is CCCCCCCCCCCCCCCCN1CSC(CC)=C1N. The smallest absolute Gasteiger partial charge is 0.109 e. The third kappa shape index (κ3) is 9.86. The molecular formula is C21H42N2S. The van der Waals surface area contributed by atoms with Crippen molar-refractivity contribution in [1.82, 2.24) is 4.90 Å². The standard InChI is InChI=1S/C21H42N2S/c1-3-5-6-7-8-9-10-11-12-13-14-15-16-17-18-23-19-24-20(4-2)21(23)22/h3-19,22H2,1-2H3. The van der Waals surface area contributed by atoms with Crippen molar-refractivity contribution in [2.24, 2.45) is 5.73 Å². The van der Waals surface area contributed by atoms with E-state index in [0.29, 0.717) is 0 Å². The van der Waals surface area contributed by atoms with Gasteiger partial charge in [0.2, 0.25) is 0 Å². The summed E-state index contributed by atoms with van der Waals surface area (Å²) in [7, 11) is 0. The van der Waals surface area contributed by atoms with Crippen molar-refractivity contribution in [2.45, 2.75) is 110 Å². The normalized spacial score (nSPS) is 14.8. The highest BCUT2D eigenvalue weighted by molar-refractivity contribution is 8.03. The zero-order chi connectivity index (χ0) is 17.5. The van der Waals surface area contributed by atoms with E-state index >= 15 is 0 Å². The molecule has 0 fully saturated rings. The Balaban J connectivity index is 1.79. The maximum absolute atomic E-state index is 6.17. The van der Waals surface area contributed by atoms with Crippen LogP contribution in [-0.4, -0.2) is 17.3 Å². The number of hydrogen-bond acceptors (Lipinski definition) is 3. The summed E-state index contributed by atoms with van der Waals surface area (Å²) in [6.07, 6.45) is 21.0. The fraction of sp³-hybridized carbons (Fsp3) is 0.905. The van der Waals surface area contributed by atoms with Gasteiger partial charge in [-0.05, 0) is 12.8 Å². The lowest BCUT2D eigenvalue weighted by atomic mass is 10.0. The molecule has 0 radical (unpaired) electrons. The van der Waals surface area contributed by atoms with Crippen molar-refractivity contribution < 1.29 is 0 Å². The van der Waals surface area contributed by atoms with Gasteiger partial charge in [-0.2, -0.15) is 0 Å². The van der Waals surface area contributed by atoms with E-state index in [-0.39, 0.29) is 0 Å². The molecule has 0 spiro atoms. The number of rotatable bonds is 16. The van der Waals surface area contributed by atoms with Crippen LogP contribution in [-0.2, 0) is 0 Å². The molecule has 0 aromatic carbocycles. The van der Waals surface area contributed by atoms with Crippen LogP contribution in [0.1, 0.15) is 110 Å². The number of allylic oxidation sites excluding steroid dienone is 1. The Labute approximate surface area is 156 Å². The number of unbranched alkanes of at least 4 members (excludes halogenated alkanes) is 13. The summed E-state index contributed by atoms with van der Waals surface area (Å²) in [5.74, 6) is 2.13. The Morgan fingerprint density at radius 2 is 1.21 bits per heavy atom. The molecule has 0 amide bonds. The molecule has 0 atom stereocenters. The van der Waals surface area contributed by atoms with Crippen LogP contribution in [0.3, 0.4) is 0 Å². The van der Waals surface area contributed by atoms with Crippen LogP contribution >= 0.6 is 11.8 Å². The van der Waals surface area contributed by atoms with E-state index in [1.54, 1.807) is 0 Å². The van der Waals surface area contributed by atoms with Crippen LogP contribution in [0.15, 0.2) is 10.7 Å².